The summed E-state index contributed by atoms with van der Waals surface area (Å²) >= 11 is 0. The van der Waals surface area contributed by atoms with Crippen molar-refractivity contribution in [3.8, 4) is 0 Å². The number of imide groups is 1. The van der Waals surface area contributed by atoms with Gasteiger partial charge in [0.2, 0.25) is 0 Å². The summed E-state index contributed by atoms with van der Waals surface area (Å²) in [5.41, 5.74) is 2.11. The second kappa shape index (κ2) is 6.47. The van der Waals surface area contributed by atoms with Crippen LogP contribution in [0.2, 0.25) is 0 Å². The van der Waals surface area contributed by atoms with Crippen LogP contribution < -0.4 is 16.2 Å². The first-order valence-corrected chi connectivity index (χ1v) is 9.31. The summed E-state index contributed by atoms with van der Waals surface area (Å²) in [5.74, 6) is -1.07. The molecule has 1 aliphatic heterocycles. The number of carbonyl (C=O) groups excluding carboxylic acids is 3. The maximum atomic E-state index is 12.8. The smallest absolute Gasteiger partial charge is 0.344 e. The first-order valence-electron chi connectivity index (χ1n) is 9.31. The molecule has 1 aromatic heterocycles. The second-order valence-electron chi connectivity index (χ2n) is 7.75. The molecule has 1 saturated carbocycles. The summed E-state index contributed by atoms with van der Waals surface area (Å²) < 4.78 is 5.51. The van der Waals surface area contributed by atoms with E-state index in [-0.39, 0.29) is 16.8 Å². The quantitative estimate of drug-likeness (QED) is 0.773. The van der Waals surface area contributed by atoms with Crippen LogP contribution in [-0.4, -0.2) is 28.4 Å². The van der Waals surface area contributed by atoms with Crippen LogP contribution in [0.1, 0.15) is 48.7 Å². The molecule has 2 aliphatic rings. The summed E-state index contributed by atoms with van der Waals surface area (Å²) in [6, 6.07) is 5.43. The minimum absolute atomic E-state index is 0.262. The highest BCUT2D eigenvalue weighted by molar-refractivity contribution is 6.09. The van der Waals surface area contributed by atoms with Crippen LogP contribution in [0.3, 0.4) is 0 Å². The van der Waals surface area contributed by atoms with E-state index in [2.05, 4.69) is 17.7 Å². The largest absolute Gasteiger partial charge is 0.451 e. The van der Waals surface area contributed by atoms with Gasteiger partial charge in [-0.3, -0.25) is 14.4 Å². The van der Waals surface area contributed by atoms with Crippen LogP contribution in [0.25, 0.3) is 11.0 Å². The minimum Gasteiger partial charge on any atom is -0.451 e. The fourth-order valence-electron chi connectivity index (χ4n) is 3.85. The molecule has 2 N–H and O–H groups in total. The summed E-state index contributed by atoms with van der Waals surface area (Å²) in [6.07, 6.45) is 2.73. The number of aryl methyl sites for hydroxylation is 1. The van der Waals surface area contributed by atoms with Crippen molar-refractivity contribution in [2.75, 3.05) is 0 Å². The molecule has 1 aliphatic carbocycles. The number of hydrazine groups is 1. The molecule has 8 nitrogen and oxygen atoms in total. The summed E-state index contributed by atoms with van der Waals surface area (Å²) in [6.45, 7) is 3.95. The van der Waals surface area contributed by atoms with E-state index >= 15 is 0 Å². The number of benzene rings is 1. The lowest BCUT2D eigenvalue weighted by molar-refractivity contribution is -0.134. The number of urea groups is 1. The van der Waals surface area contributed by atoms with Gasteiger partial charge in [0.25, 0.3) is 5.91 Å². The van der Waals surface area contributed by atoms with Gasteiger partial charge in [-0.15, -0.1) is 0 Å². The Labute approximate surface area is 160 Å². The predicted molar refractivity (Wildman–Crippen MR) is 100 cm³/mol. The number of nitrogens with zero attached hydrogens (tertiary/aromatic N) is 1. The Morgan fingerprint density at radius 2 is 1.93 bits per heavy atom. The Balaban J connectivity index is 1.58. The molecule has 0 radical (unpaired) electrons. The highest BCUT2D eigenvalue weighted by Gasteiger charge is 2.53. The fourth-order valence-corrected chi connectivity index (χ4v) is 3.85. The Morgan fingerprint density at radius 1 is 1.21 bits per heavy atom. The minimum atomic E-state index is -0.960. The molecular weight excluding hydrogens is 362 g/mol. The van der Waals surface area contributed by atoms with Crippen LogP contribution in [0, 0.1) is 12.8 Å². The first kappa shape index (κ1) is 18.2. The van der Waals surface area contributed by atoms with Gasteiger partial charge in [0.05, 0.1) is 5.39 Å². The molecule has 4 amide bonds. The third-order valence-corrected chi connectivity index (χ3v) is 5.61. The van der Waals surface area contributed by atoms with E-state index in [9.17, 15) is 19.2 Å². The van der Waals surface area contributed by atoms with E-state index < -0.39 is 23.4 Å². The lowest BCUT2D eigenvalue weighted by Gasteiger charge is -2.33. The van der Waals surface area contributed by atoms with Crippen LogP contribution in [0.4, 0.5) is 4.79 Å². The zero-order valence-corrected chi connectivity index (χ0v) is 15.7. The van der Waals surface area contributed by atoms with E-state index in [1.807, 2.05) is 6.92 Å². The number of carbonyl (C=O) groups is 3. The second-order valence-corrected chi connectivity index (χ2v) is 7.75. The van der Waals surface area contributed by atoms with Gasteiger partial charge in [-0.05, 0) is 50.7 Å². The normalized spacial score (nSPS) is 24.6. The maximum Gasteiger partial charge on any atom is 0.344 e. The van der Waals surface area contributed by atoms with Gasteiger partial charge in [0, 0.05) is 6.07 Å². The highest BCUT2D eigenvalue weighted by atomic mass is 16.3. The number of fused-ring (bicyclic) bond motifs is 1. The fraction of sp³-hybridized carbons (Fsp3) is 0.400. The Bertz CT molecular complexity index is 1050. The van der Waals surface area contributed by atoms with Crippen molar-refractivity contribution in [3.05, 3.63) is 45.8 Å². The molecule has 0 atom stereocenters. The van der Waals surface area contributed by atoms with Crippen molar-refractivity contribution in [2.45, 2.75) is 45.1 Å². The van der Waals surface area contributed by atoms with Gasteiger partial charge in [0.1, 0.15) is 11.1 Å². The maximum absolute atomic E-state index is 12.8. The van der Waals surface area contributed by atoms with E-state index in [4.69, 9.17) is 4.42 Å². The van der Waals surface area contributed by atoms with Crippen molar-refractivity contribution >= 4 is 28.8 Å². The molecule has 28 heavy (non-hydrogen) atoms. The van der Waals surface area contributed by atoms with Gasteiger partial charge >= 0.3 is 11.9 Å². The molecule has 1 spiro atoms. The van der Waals surface area contributed by atoms with Crippen molar-refractivity contribution in [3.63, 3.8) is 0 Å². The monoisotopic (exact) mass is 383 g/mol. The Hall–Kier alpha value is -3.16. The standard InChI is InChI=1S/C20H21N3O5/c1-11-5-7-20(8-6-11)18(26)23(19(27)21-20)22-17(25)16-10-14(24)13-9-12(2)3-4-15(13)28-16/h3-4,9-11H,5-8H2,1-2H3,(H,21,27)(H,22,25). The zero-order chi connectivity index (χ0) is 20.1. The van der Waals surface area contributed by atoms with Crippen LogP contribution in [-0.2, 0) is 4.79 Å². The molecule has 0 unspecified atom stereocenters. The van der Waals surface area contributed by atoms with E-state index in [1.165, 1.54) is 0 Å². The molecule has 1 saturated heterocycles. The number of hydrogen-bond donors (Lipinski definition) is 2. The van der Waals surface area contributed by atoms with E-state index in [1.54, 1.807) is 18.2 Å². The van der Waals surface area contributed by atoms with Crippen LogP contribution >= 0.6 is 0 Å². The average Bonchev–Trinajstić information content (AvgIpc) is 2.89. The lowest BCUT2D eigenvalue weighted by Crippen LogP contribution is -2.51. The molecule has 2 fully saturated rings. The number of hydrogen-bond acceptors (Lipinski definition) is 5. The topological polar surface area (TPSA) is 109 Å². The van der Waals surface area contributed by atoms with Gasteiger partial charge in [-0.1, -0.05) is 18.6 Å². The lowest BCUT2D eigenvalue weighted by atomic mass is 9.77. The molecule has 1 aromatic carbocycles. The van der Waals surface area contributed by atoms with Gasteiger partial charge in [0.15, 0.2) is 11.2 Å². The Kier molecular flexibility index (Phi) is 4.21. The number of amides is 4. The third-order valence-electron chi connectivity index (χ3n) is 5.61. The molecule has 2 aromatic rings. The van der Waals surface area contributed by atoms with Gasteiger partial charge in [-0.2, -0.15) is 5.01 Å². The van der Waals surface area contributed by atoms with Crippen LogP contribution in [0.5, 0.6) is 0 Å². The molecular formula is C20H21N3O5. The third kappa shape index (κ3) is 2.94. The van der Waals surface area contributed by atoms with E-state index in [0.29, 0.717) is 29.2 Å². The van der Waals surface area contributed by atoms with Gasteiger partial charge in [-0.25, -0.2) is 10.2 Å². The average molecular weight is 383 g/mol. The first-order chi connectivity index (χ1) is 13.3. The highest BCUT2D eigenvalue weighted by Crippen LogP contribution is 2.35. The molecule has 146 valence electrons. The molecule has 4 rings (SSSR count). The van der Waals surface area contributed by atoms with Crippen molar-refractivity contribution in [2.24, 2.45) is 5.92 Å². The Morgan fingerprint density at radius 3 is 2.64 bits per heavy atom. The van der Waals surface area contributed by atoms with Crippen molar-refractivity contribution in [1.29, 1.82) is 0 Å². The summed E-state index contributed by atoms with van der Waals surface area (Å²) in [7, 11) is 0. The molecule has 2 heterocycles. The predicted octanol–water partition coefficient (Wildman–Crippen LogP) is 2.25. The summed E-state index contributed by atoms with van der Waals surface area (Å²) in [4.78, 5) is 50.0. The van der Waals surface area contributed by atoms with Crippen LogP contribution in [0.15, 0.2) is 33.5 Å². The molecule has 0 bridgehead atoms. The number of rotatable bonds is 2. The van der Waals surface area contributed by atoms with Crippen molar-refractivity contribution < 1.29 is 18.8 Å². The number of nitrogens with one attached hydrogen (secondary N) is 2. The SMILES string of the molecule is Cc1ccc2oc(C(=O)NN3C(=O)NC4(CCC(C)CC4)C3=O)cc(=O)c2c1. The van der Waals surface area contributed by atoms with E-state index in [0.717, 1.165) is 24.5 Å². The molecule has 8 heteroatoms. The zero-order valence-electron chi connectivity index (χ0n) is 15.7. The summed E-state index contributed by atoms with van der Waals surface area (Å²) in [5, 5.41) is 3.78. The van der Waals surface area contributed by atoms with Gasteiger partial charge < -0.3 is 9.73 Å². The van der Waals surface area contributed by atoms with Crippen molar-refractivity contribution in [1.82, 2.24) is 15.8 Å².